The lowest BCUT2D eigenvalue weighted by molar-refractivity contribution is -0.192. The van der Waals surface area contributed by atoms with Crippen molar-refractivity contribution in [2.24, 2.45) is 11.8 Å². The second kappa shape index (κ2) is 17.0. The van der Waals surface area contributed by atoms with Gasteiger partial charge in [0, 0.05) is 35.3 Å². The molecule has 2 fully saturated rings. The van der Waals surface area contributed by atoms with E-state index in [0.29, 0.717) is 11.3 Å². The number of halogens is 1. The van der Waals surface area contributed by atoms with Gasteiger partial charge >= 0.3 is 5.97 Å². The number of carbonyl (C=O) groups is 2. The second-order valence-electron chi connectivity index (χ2n) is 13.9. The fourth-order valence-corrected chi connectivity index (χ4v) is 8.79. The van der Waals surface area contributed by atoms with E-state index in [9.17, 15) is 9.59 Å². The molecule has 0 aromatic carbocycles. The molecule has 0 spiro atoms. The van der Waals surface area contributed by atoms with Crippen molar-refractivity contribution in [1.82, 2.24) is 0 Å². The van der Waals surface area contributed by atoms with Gasteiger partial charge in [-0.1, -0.05) is 33.3 Å². The summed E-state index contributed by atoms with van der Waals surface area (Å²) in [6.45, 7) is 14.3. The molecule has 2 aliphatic rings. The van der Waals surface area contributed by atoms with Gasteiger partial charge in [-0.25, -0.2) is 4.79 Å². The number of alkyl halides is 1. The van der Waals surface area contributed by atoms with E-state index < -0.39 is 8.32 Å². The third-order valence-electron chi connectivity index (χ3n) is 9.41. The largest absolute Gasteiger partial charge is 0.465 e. The van der Waals surface area contributed by atoms with Crippen molar-refractivity contribution in [1.29, 1.82) is 0 Å². The summed E-state index contributed by atoms with van der Waals surface area (Å²) in [5.74, 6) is 0.162. The van der Waals surface area contributed by atoms with Crippen LogP contribution >= 0.6 is 22.9 Å². The number of ketones is 1. The lowest BCUT2D eigenvalue weighted by Crippen LogP contribution is -2.43. The quantitative estimate of drug-likeness (QED) is 0.0582. The third kappa shape index (κ3) is 11.4. The van der Waals surface area contributed by atoms with Gasteiger partial charge in [-0.2, -0.15) is 0 Å². The van der Waals surface area contributed by atoms with Crippen molar-refractivity contribution in [2.75, 3.05) is 13.7 Å². The number of hydrogen-bond acceptors (Lipinski definition) is 7. The molecule has 1 aromatic rings. The maximum absolute atomic E-state index is 12.9. The first-order chi connectivity index (χ1) is 20.3. The number of carbonyl (C=O) groups excluding carboxylic acids is 2. The van der Waals surface area contributed by atoms with E-state index in [-0.39, 0.29) is 52.5 Å². The molecule has 0 amide bonds. The number of aryl methyl sites for hydroxylation is 1. The normalized spacial score (nSPS) is 25.7. The molecule has 1 aromatic heterocycles. The van der Waals surface area contributed by atoms with Crippen LogP contribution in [0.1, 0.15) is 106 Å². The molecule has 1 saturated heterocycles. The minimum absolute atomic E-state index is 0.0188. The van der Waals surface area contributed by atoms with Crippen LogP contribution in [0.5, 0.6) is 0 Å². The summed E-state index contributed by atoms with van der Waals surface area (Å²) in [5, 5.41) is 0.180. The predicted molar refractivity (Wildman–Crippen MR) is 179 cm³/mol. The van der Waals surface area contributed by atoms with Crippen molar-refractivity contribution in [3.05, 3.63) is 34.0 Å². The molecular formula is C34H55ClO6SSi. The Kier molecular flexibility index (Phi) is 14.4. The Morgan fingerprint density at radius 1 is 1.19 bits per heavy atom. The average Bonchev–Trinajstić information content (AvgIpc) is 3.53. The highest BCUT2D eigenvalue weighted by Gasteiger charge is 2.43. The average molecular weight is 655 g/mol. The number of esters is 1. The molecule has 6 nitrogen and oxygen atoms in total. The van der Waals surface area contributed by atoms with Gasteiger partial charge in [-0.05, 0) is 107 Å². The Bertz CT molecular complexity index is 1040. The zero-order valence-corrected chi connectivity index (χ0v) is 30.1. The standard InChI is InChI=1S/C34H55ClO6SSi/c1-24(41-43(6,7)34(2,3)4)13-8-9-14-25(36)18-20-28-27(16-12-15-26-19-21-31(42-26)33(37)38-5)29(35)23-30(28)40-32-17-10-11-22-39-32/h18-21,24,27-30,32H,8-17,22-23H2,1-7H3/t24?,27-,28-,29-,30-,32?/m1/s1. The molecular weight excluding hydrogens is 600 g/mol. The number of allylic oxidation sites excluding steroid dienone is 1. The monoisotopic (exact) mass is 654 g/mol. The van der Waals surface area contributed by atoms with Crippen LogP contribution in [0.2, 0.25) is 18.1 Å². The first-order valence-electron chi connectivity index (χ1n) is 16.3. The highest BCUT2D eigenvalue weighted by Crippen LogP contribution is 2.43. The number of rotatable bonds is 16. The molecule has 1 aliphatic carbocycles. The minimum Gasteiger partial charge on any atom is -0.465 e. The number of thiophene rings is 1. The van der Waals surface area contributed by atoms with E-state index in [0.717, 1.165) is 70.8 Å². The molecule has 43 heavy (non-hydrogen) atoms. The summed E-state index contributed by atoms with van der Waals surface area (Å²) in [6.07, 6.45) is 13.8. The molecule has 0 N–H and O–H groups in total. The number of methoxy groups -OCH3 is 1. The van der Waals surface area contributed by atoms with E-state index in [1.54, 1.807) is 6.08 Å². The van der Waals surface area contributed by atoms with E-state index >= 15 is 0 Å². The lowest BCUT2D eigenvalue weighted by atomic mass is 9.89. The van der Waals surface area contributed by atoms with Gasteiger partial charge in [0.15, 0.2) is 20.4 Å². The number of unbranched alkanes of at least 4 members (excludes halogenated alkanes) is 1. The van der Waals surface area contributed by atoms with E-state index in [1.165, 1.54) is 23.3 Å². The van der Waals surface area contributed by atoms with Gasteiger partial charge in [0.2, 0.25) is 0 Å². The third-order valence-corrected chi connectivity index (χ3v) is 15.6. The van der Waals surface area contributed by atoms with Crippen molar-refractivity contribution in [2.45, 2.75) is 140 Å². The van der Waals surface area contributed by atoms with Crippen LogP contribution in [0.15, 0.2) is 24.3 Å². The summed E-state index contributed by atoms with van der Waals surface area (Å²) in [7, 11) is -0.368. The van der Waals surface area contributed by atoms with Gasteiger partial charge < -0.3 is 18.6 Å². The van der Waals surface area contributed by atoms with Crippen LogP contribution in [0, 0.1) is 11.8 Å². The lowest BCUT2D eigenvalue weighted by Gasteiger charge is -2.38. The van der Waals surface area contributed by atoms with Crippen molar-refractivity contribution < 1.29 is 28.2 Å². The molecule has 6 atom stereocenters. The summed E-state index contributed by atoms with van der Waals surface area (Å²) in [6, 6.07) is 3.84. The Morgan fingerprint density at radius 2 is 1.95 bits per heavy atom. The Morgan fingerprint density at radius 3 is 2.63 bits per heavy atom. The molecule has 0 bridgehead atoms. The molecule has 1 aliphatic heterocycles. The van der Waals surface area contributed by atoms with Crippen LogP contribution < -0.4 is 0 Å². The first kappa shape index (κ1) is 36.4. The maximum atomic E-state index is 12.9. The first-order valence-corrected chi connectivity index (χ1v) is 20.4. The predicted octanol–water partition coefficient (Wildman–Crippen LogP) is 9.11. The maximum Gasteiger partial charge on any atom is 0.348 e. The van der Waals surface area contributed by atoms with Crippen LogP contribution in [-0.2, 0) is 29.9 Å². The fraction of sp³-hybridized carbons (Fsp3) is 0.765. The Hall–Kier alpha value is -1.03. The molecule has 0 radical (unpaired) electrons. The fourth-order valence-electron chi connectivity index (χ4n) is 5.88. The molecule has 2 unspecified atom stereocenters. The number of hydrogen-bond donors (Lipinski definition) is 0. The summed E-state index contributed by atoms with van der Waals surface area (Å²) in [5.41, 5.74) is 0. The minimum atomic E-state index is -1.78. The van der Waals surface area contributed by atoms with Crippen molar-refractivity contribution in [3.8, 4) is 0 Å². The van der Waals surface area contributed by atoms with Crippen LogP contribution in [0.4, 0.5) is 0 Å². The molecule has 1 saturated carbocycles. The summed E-state index contributed by atoms with van der Waals surface area (Å²) < 4.78 is 23.7. The zero-order valence-electron chi connectivity index (χ0n) is 27.5. The Labute approximate surface area is 270 Å². The van der Waals surface area contributed by atoms with Gasteiger partial charge in [-0.3, -0.25) is 4.79 Å². The molecule has 2 heterocycles. The van der Waals surface area contributed by atoms with Crippen molar-refractivity contribution in [3.63, 3.8) is 0 Å². The van der Waals surface area contributed by atoms with Crippen molar-refractivity contribution >= 4 is 43.0 Å². The van der Waals surface area contributed by atoms with E-state index in [4.69, 9.17) is 30.2 Å². The topological polar surface area (TPSA) is 71.1 Å². The van der Waals surface area contributed by atoms with Gasteiger partial charge in [0.1, 0.15) is 4.88 Å². The number of ether oxygens (including phenoxy) is 3. The highest BCUT2D eigenvalue weighted by atomic mass is 35.5. The SMILES string of the molecule is COC(=O)c1ccc(CCC[C@@H]2[C@@H](C=CC(=O)CCCCC(C)O[Si](C)(C)C(C)(C)C)[C@H](OC3CCCCO3)C[C@H]2Cl)s1. The molecule has 3 rings (SSSR count). The van der Waals surface area contributed by atoms with Gasteiger partial charge in [-0.15, -0.1) is 22.9 Å². The van der Waals surface area contributed by atoms with Crippen LogP contribution in [0.3, 0.4) is 0 Å². The summed E-state index contributed by atoms with van der Waals surface area (Å²) in [4.78, 5) is 26.5. The summed E-state index contributed by atoms with van der Waals surface area (Å²) >= 11 is 8.43. The second-order valence-corrected chi connectivity index (χ2v) is 20.4. The van der Waals surface area contributed by atoms with Crippen LogP contribution in [-0.4, -0.2) is 57.7 Å². The molecule has 244 valence electrons. The highest BCUT2D eigenvalue weighted by molar-refractivity contribution is 7.13. The van der Waals surface area contributed by atoms with E-state index in [2.05, 4.69) is 46.9 Å². The van der Waals surface area contributed by atoms with E-state index in [1.807, 2.05) is 12.1 Å². The molecule has 9 heteroatoms. The smallest absolute Gasteiger partial charge is 0.348 e. The Balaban J connectivity index is 1.54. The van der Waals surface area contributed by atoms with Gasteiger partial charge in [0.05, 0.1) is 13.2 Å². The van der Waals surface area contributed by atoms with Gasteiger partial charge in [0.25, 0.3) is 0 Å². The zero-order chi connectivity index (χ0) is 31.6. The van der Waals surface area contributed by atoms with Crippen LogP contribution in [0.25, 0.3) is 0 Å².